The van der Waals surface area contributed by atoms with Gasteiger partial charge in [-0.25, -0.2) is 14.8 Å². The van der Waals surface area contributed by atoms with Gasteiger partial charge in [0.1, 0.15) is 6.04 Å². The molecule has 6 N–H and O–H groups in total. The number of benzene rings is 1. The van der Waals surface area contributed by atoms with Gasteiger partial charge in [0.15, 0.2) is 11.2 Å². The van der Waals surface area contributed by atoms with Gasteiger partial charge >= 0.3 is 11.9 Å². The van der Waals surface area contributed by atoms with Gasteiger partial charge in [-0.1, -0.05) is 0 Å². The maximum atomic E-state index is 12.7. The SMILES string of the molecule is CC(=O)N(C(=O)c1ccc(NCc2cnc3nc(N)[nH]c(=O)c3n2)cc1)[C@@H](CC(=O)O)C(=O)O. The summed E-state index contributed by atoms with van der Waals surface area (Å²) >= 11 is 0. The number of imide groups is 1. The van der Waals surface area contributed by atoms with Gasteiger partial charge in [0.2, 0.25) is 11.9 Å². The van der Waals surface area contributed by atoms with Gasteiger partial charge in [-0.15, -0.1) is 0 Å². The number of rotatable bonds is 8. The van der Waals surface area contributed by atoms with Crippen molar-refractivity contribution in [3.8, 4) is 0 Å². The number of hydrogen-bond acceptors (Lipinski definition) is 10. The molecule has 2 heterocycles. The van der Waals surface area contributed by atoms with Crippen molar-refractivity contribution in [1.82, 2.24) is 24.8 Å². The number of hydrogen-bond donors (Lipinski definition) is 5. The van der Waals surface area contributed by atoms with Gasteiger partial charge in [-0.05, 0) is 24.3 Å². The summed E-state index contributed by atoms with van der Waals surface area (Å²) in [6.45, 7) is 1.14. The molecule has 1 aromatic carbocycles. The standard InChI is InChI=1S/C20H19N7O7/c1-9(28)27(13(19(33)34)6-14(29)30)18(32)10-2-4-11(5-3-10)22-7-12-8-23-16-15(24-12)17(31)26-20(21)25-16/h2-5,8,13,22H,6-7H2,1H3,(H,29,30)(H,33,34)(H3,21,23,25,26,31)/t13-/m0/s1. The van der Waals surface area contributed by atoms with E-state index in [1.54, 1.807) is 0 Å². The lowest BCUT2D eigenvalue weighted by Gasteiger charge is -2.25. The summed E-state index contributed by atoms with van der Waals surface area (Å²) in [7, 11) is 0. The number of carbonyl (C=O) groups excluding carboxylic acids is 2. The Morgan fingerprint density at radius 3 is 2.41 bits per heavy atom. The highest BCUT2D eigenvalue weighted by Gasteiger charge is 2.35. The fourth-order valence-corrected chi connectivity index (χ4v) is 3.08. The van der Waals surface area contributed by atoms with E-state index in [0.717, 1.165) is 6.92 Å². The van der Waals surface area contributed by atoms with Crippen molar-refractivity contribution in [2.24, 2.45) is 0 Å². The second kappa shape index (κ2) is 9.72. The van der Waals surface area contributed by atoms with Crippen LogP contribution in [0.2, 0.25) is 0 Å². The highest BCUT2D eigenvalue weighted by atomic mass is 16.4. The van der Waals surface area contributed by atoms with Crippen LogP contribution in [-0.2, 0) is 20.9 Å². The van der Waals surface area contributed by atoms with E-state index in [1.165, 1.54) is 30.5 Å². The molecule has 0 bridgehead atoms. The highest BCUT2D eigenvalue weighted by molar-refractivity contribution is 6.07. The molecule has 14 heteroatoms. The van der Waals surface area contributed by atoms with Crippen LogP contribution in [0.25, 0.3) is 11.2 Å². The van der Waals surface area contributed by atoms with Crippen LogP contribution in [0.4, 0.5) is 11.6 Å². The Balaban J connectivity index is 1.75. The number of nitrogens with zero attached hydrogens (tertiary/aromatic N) is 4. The summed E-state index contributed by atoms with van der Waals surface area (Å²) in [4.78, 5) is 73.9. The van der Waals surface area contributed by atoms with Crippen molar-refractivity contribution in [1.29, 1.82) is 0 Å². The topological polar surface area (TPSA) is 222 Å². The number of amides is 2. The number of aliphatic carboxylic acids is 2. The molecular weight excluding hydrogens is 450 g/mol. The van der Waals surface area contributed by atoms with Crippen molar-refractivity contribution in [3.63, 3.8) is 0 Å². The van der Waals surface area contributed by atoms with E-state index in [4.69, 9.17) is 10.8 Å². The molecule has 2 amide bonds. The zero-order chi connectivity index (χ0) is 25.0. The van der Waals surface area contributed by atoms with Crippen molar-refractivity contribution in [2.75, 3.05) is 11.1 Å². The Morgan fingerprint density at radius 1 is 1.15 bits per heavy atom. The summed E-state index contributed by atoms with van der Waals surface area (Å²) in [5.41, 5.74) is 6.01. The number of nitrogen functional groups attached to an aromatic ring is 1. The second-order valence-electron chi connectivity index (χ2n) is 7.06. The first-order valence-electron chi connectivity index (χ1n) is 9.71. The van der Waals surface area contributed by atoms with E-state index in [2.05, 4.69) is 25.3 Å². The number of nitrogens with one attached hydrogen (secondary N) is 2. The molecule has 2 aromatic heterocycles. The van der Waals surface area contributed by atoms with Crippen LogP contribution in [-0.4, -0.2) is 64.8 Å². The molecule has 0 aliphatic rings. The van der Waals surface area contributed by atoms with Crippen LogP contribution in [0.1, 0.15) is 29.4 Å². The number of fused-ring (bicyclic) bond motifs is 1. The van der Waals surface area contributed by atoms with Gasteiger partial charge in [-0.3, -0.25) is 29.1 Å². The Morgan fingerprint density at radius 2 is 1.82 bits per heavy atom. The summed E-state index contributed by atoms with van der Waals surface area (Å²) in [6.07, 6.45) is 0.483. The molecular formula is C20H19N7O7. The van der Waals surface area contributed by atoms with Crippen molar-refractivity contribution >= 4 is 46.6 Å². The number of carboxylic acids is 2. The molecule has 34 heavy (non-hydrogen) atoms. The molecule has 3 aromatic rings. The molecule has 0 fully saturated rings. The third-order valence-electron chi connectivity index (χ3n) is 4.61. The van der Waals surface area contributed by atoms with Crippen LogP contribution in [0.3, 0.4) is 0 Å². The predicted molar refractivity (Wildman–Crippen MR) is 117 cm³/mol. The number of carbonyl (C=O) groups is 4. The molecule has 3 rings (SSSR count). The summed E-state index contributed by atoms with van der Waals surface area (Å²) in [5.74, 6) is -5.00. The van der Waals surface area contributed by atoms with Gasteiger partial charge < -0.3 is 21.3 Å². The minimum atomic E-state index is -1.85. The Labute approximate surface area is 190 Å². The molecule has 0 aliphatic heterocycles. The first kappa shape index (κ1) is 23.8. The van der Waals surface area contributed by atoms with Gasteiger partial charge in [-0.2, -0.15) is 4.98 Å². The Kier molecular flexibility index (Phi) is 6.80. The van der Waals surface area contributed by atoms with Gasteiger partial charge in [0, 0.05) is 18.2 Å². The number of aromatic amines is 1. The molecule has 0 saturated carbocycles. The highest BCUT2D eigenvalue weighted by Crippen LogP contribution is 2.16. The largest absolute Gasteiger partial charge is 0.481 e. The maximum Gasteiger partial charge on any atom is 0.327 e. The third-order valence-corrected chi connectivity index (χ3v) is 4.61. The van der Waals surface area contributed by atoms with Crippen molar-refractivity contribution < 1.29 is 29.4 Å². The number of anilines is 2. The average molecular weight is 469 g/mol. The summed E-state index contributed by atoms with van der Waals surface area (Å²) in [6, 6.07) is 3.86. The Hall–Kier alpha value is -4.88. The first-order chi connectivity index (χ1) is 16.1. The normalized spacial score (nSPS) is 11.6. The minimum Gasteiger partial charge on any atom is -0.481 e. The zero-order valence-electron chi connectivity index (χ0n) is 17.7. The molecule has 1 atom stereocenters. The maximum absolute atomic E-state index is 12.7. The minimum absolute atomic E-state index is 0.0157. The van der Waals surface area contributed by atoms with E-state index in [-0.39, 0.29) is 29.2 Å². The number of carboxylic acid groups (broad SMARTS) is 2. The monoisotopic (exact) mass is 469 g/mol. The fraction of sp³-hybridized carbons (Fsp3) is 0.200. The average Bonchev–Trinajstić information content (AvgIpc) is 2.77. The van der Waals surface area contributed by atoms with Crippen molar-refractivity contribution in [2.45, 2.75) is 25.9 Å². The van der Waals surface area contributed by atoms with E-state index in [9.17, 15) is 29.1 Å². The van der Waals surface area contributed by atoms with Crippen LogP contribution in [0.15, 0.2) is 35.3 Å². The molecule has 0 unspecified atom stereocenters. The summed E-state index contributed by atoms with van der Waals surface area (Å²) in [5, 5.41) is 21.2. The number of nitrogens with two attached hydrogens (primary N) is 1. The van der Waals surface area contributed by atoms with Crippen LogP contribution < -0.4 is 16.6 Å². The molecule has 0 spiro atoms. The van der Waals surface area contributed by atoms with E-state index < -0.39 is 41.8 Å². The third kappa shape index (κ3) is 5.29. The second-order valence-corrected chi connectivity index (χ2v) is 7.06. The summed E-state index contributed by atoms with van der Waals surface area (Å²) < 4.78 is 0. The molecule has 0 saturated heterocycles. The Bertz CT molecular complexity index is 1340. The molecule has 0 aliphatic carbocycles. The quantitative estimate of drug-likeness (QED) is 0.290. The van der Waals surface area contributed by atoms with E-state index >= 15 is 0 Å². The lowest BCUT2D eigenvalue weighted by molar-refractivity contribution is -0.151. The van der Waals surface area contributed by atoms with E-state index in [1.807, 2.05) is 0 Å². The predicted octanol–water partition coefficient (Wildman–Crippen LogP) is -0.176. The smallest absolute Gasteiger partial charge is 0.327 e. The molecule has 14 nitrogen and oxygen atoms in total. The zero-order valence-corrected chi connectivity index (χ0v) is 17.7. The van der Waals surface area contributed by atoms with Crippen LogP contribution in [0, 0.1) is 0 Å². The fourth-order valence-electron chi connectivity index (χ4n) is 3.08. The van der Waals surface area contributed by atoms with E-state index in [0.29, 0.717) is 16.3 Å². The molecule has 0 radical (unpaired) electrons. The lowest BCUT2D eigenvalue weighted by atomic mass is 10.1. The number of aromatic nitrogens is 4. The van der Waals surface area contributed by atoms with Crippen molar-refractivity contribution in [3.05, 3.63) is 52.1 Å². The van der Waals surface area contributed by atoms with Gasteiger partial charge in [0.25, 0.3) is 11.5 Å². The molecule has 176 valence electrons. The number of H-pyrrole nitrogens is 1. The van der Waals surface area contributed by atoms with Crippen LogP contribution >= 0.6 is 0 Å². The van der Waals surface area contributed by atoms with Crippen LogP contribution in [0.5, 0.6) is 0 Å². The lowest BCUT2D eigenvalue weighted by Crippen LogP contribution is -2.48. The van der Waals surface area contributed by atoms with Gasteiger partial charge in [0.05, 0.1) is 24.9 Å². The first-order valence-corrected chi connectivity index (χ1v) is 9.71.